The van der Waals surface area contributed by atoms with E-state index in [1.807, 2.05) is 0 Å². The molecule has 456 valence electrons. The number of hydrogen-bond acceptors (Lipinski definition) is 6. The molecule has 0 aliphatic heterocycles. The van der Waals surface area contributed by atoms with Crippen LogP contribution in [0.3, 0.4) is 0 Å². The maximum atomic E-state index is 12.9. The Morgan fingerprint density at radius 1 is 0.256 bits per heavy atom. The number of rotatable bonds is 64. The van der Waals surface area contributed by atoms with Gasteiger partial charge in [0.1, 0.15) is 13.2 Å². The van der Waals surface area contributed by atoms with E-state index >= 15 is 0 Å². The van der Waals surface area contributed by atoms with Gasteiger partial charge in [-0.25, -0.2) is 0 Å². The summed E-state index contributed by atoms with van der Waals surface area (Å²) in [4.78, 5) is 38.3. The fraction of sp³-hybridized carbons (Fsp3) is 0.847. The lowest BCUT2D eigenvalue weighted by molar-refractivity contribution is -0.167. The fourth-order valence-corrected chi connectivity index (χ4v) is 10.3. The first kappa shape index (κ1) is 75.4. The lowest BCUT2D eigenvalue weighted by atomic mass is 10.0. The first-order chi connectivity index (χ1) is 38.5. The molecule has 0 aromatic rings. The second-order valence-electron chi connectivity index (χ2n) is 23.4. The van der Waals surface area contributed by atoms with Gasteiger partial charge >= 0.3 is 17.9 Å². The minimum Gasteiger partial charge on any atom is -0.462 e. The van der Waals surface area contributed by atoms with Crippen LogP contribution in [0, 0.1) is 0 Å². The molecule has 0 amide bonds. The van der Waals surface area contributed by atoms with Gasteiger partial charge in [-0.15, -0.1) is 0 Å². The molecule has 0 spiro atoms. The SMILES string of the molecule is CCCCCC/C=C\CCCCCCCC(=O)OCC(COC(=O)CCCCCCCCCCCCCCCCCCCC/C=C\C/C=C\C/C=C\CCCCCCC)OC(=O)CCCCCCCCCCCCCCCC. The van der Waals surface area contributed by atoms with Gasteiger partial charge in [-0.05, 0) is 83.5 Å². The highest BCUT2D eigenvalue weighted by molar-refractivity contribution is 5.71. The highest BCUT2D eigenvalue weighted by Crippen LogP contribution is 2.18. The lowest BCUT2D eigenvalue weighted by Crippen LogP contribution is -2.30. The summed E-state index contributed by atoms with van der Waals surface area (Å²) in [5, 5.41) is 0. The summed E-state index contributed by atoms with van der Waals surface area (Å²) in [5.74, 6) is -0.855. The van der Waals surface area contributed by atoms with Gasteiger partial charge in [0.2, 0.25) is 0 Å². The molecular weight excluding hydrogens is 961 g/mol. The predicted molar refractivity (Wildman–Crippen MR) is 339 cm³/mol. The summed E-state index contributed by atoms with van der Waals surface area (Å²) in [6.07, 6.45) is 84.3. The third-order valence-electron chi connectivity index (χ3n) is 15.6. The Morgan fingerprint density at radius 2 is 0.462 bits per heavy atom. The molecule has 0 aliphatic rings. The van der Waals surface area contributed by atoms with E-state index in [-0.39, 0.29) is 31.1 Å². The van der Waals surface area contributed by atoms with E-state index in [1.54, 1.807) is 0 Å². The van der Waals surface area contributed by atoms with Crippen molar-refractivity contribution in [3.8, 4) is 0 Å². The van der Waals surface area contributed by atoms with Gasteiger partial charge in [0.25, 0.3) is 0 Å². The van der Waals surface area contributed by atoms with Crippen LogP contribution in [0.5, 0.6) is 0 Å². The maximum Gasteiger partial charge on any atom is 0.306 e. The summed E-state index contributed by atoms with van der Waals surface area (Å²) >= 11 is 0. The molecule has 0 saturated heterocycles. The van der Waals surface area contributed by atoms with Gasteiger partial charge in [0.05, 0.1) is 0 Å². The third kappa shape index (κ3) is 64.2. The van der Waals surface area contributed by atoms with Crippen molar-refractivity contribution in [3.63, 3.8) is 0 Å². The first-order valence-corrected chi connectivity index (χ1v) is 34.6. The molecule has 0 aliphatic carbocycles. The second-order valence-corrected chi connectivity index (χ2v) is 23.4. The summed E-state index contributed by atoms with van der Waals surface area (Å²) < 4.78 is 16.9. The largest absolute Gasteiger partial charge is 0.462 e. The van der Waals surface area contributed by atoms with Crippen molar-refractivity contribution in [3.05, 3.63) is 48.6 Å². The lowest BCUT2D eigenvalue weighted by Gasteiger charge is -2.18. The van der Waals surface area contributed by atoms with Gasteiger partial charge in [0, 0.05) is 19.3 Å². The smallest absolute Gasteiger partial charge is 0.306 e. The molecule has 1 atom stereocenters. The number of esters is 3. The first-order valence-electron chi connectivity index (χ1n) is 34.6. The summed E-state index contributed by atoms with van der Waals surface area (Å²) in [7, 11) is 0. The number of carbonyl (C=O) groups excluding carboxylic acids is 3. The van der Waals surface area contributed by atoms with E-state index < -0.39 is 6.10 Å². The summed E-state index contributed by atoms with van der Waals surface area (Å²) in [6.45, 7) is 6.66. The quantitative estimate of drug-likeness (QED) is 0.0261. The minimum absolute atomic E-state index is 0.0701. The van der Waals surface area contributed by atoms with Crippen molar-refractivity contribution in [2.24, 2.45) is 0 Å². The van der Waals surface area contributed by atoms with E-state index in [0.717, 1.165) is 77.0 Å². The fourth-order valence-electron chi connectivity index (χ4n) is 10.3. The average molecular weight is 1090 g/mol. The summed E-state index contributed by atoms with van der Waals surface area (Å²) in [6, 6.07) is 0. The number of allylic oxidation sites excluding steroid dienone is 8. The average Bonchev–Trinajstić information content (AvgIpc) is 3.44. The van der Waals surface area contributed by atoms with E-state index in [4.69, 9.17) is 14.2 Å². The van der Waals surface area contributed by atoms with E-state index in [2.05, 4.69) is 69.4 Å². The zero-order valence-electron chi connectivity index (χ0n) is 52.5. The van der Waals surface area contributed by atoms with E-state index in [1.165, 1.54) is 257 Å². The zero-order chi connectivity index (χ0) is 56.4. The van der Waals surface area contributed by atoms with Crippen LogP contribution >= 0.6 is 0 Å². The third-order valence-corrected chi connectivity index (χ3v) is 15.6. The molecular formula is C72H132O6. The standard InChI is InChI=1S/C72H132O6/c1-4-7-10-13-16-19-22-25-27-28-29-30-31-32-33-34-35-36-37-38-39-40-41-42-43-44-45-48-50-53-56-59-62-65-71(74)77-68-69(67-76-70(73)64-61-58-55-52-49-46-24-21-18-15-12-9-6-3)78-72(75)66-63-60-57-54-51-47-26-23-20-17-14-11-8-5-2/h21-22,24-25,28-29,31-32,69H,4-20,23,26-27,30,33-68H2,1-3H3/b24-21-,25-22-,29-28-,32-31-. The number of hydrogen-bond donors (Lipinski definition) is 0. The predicted octanol–water partition coefficient (Wildman–Crippen LogP) is 23.7. The Kier molecular flexibility index (Phi) is 64.6. The van der Waals surface area contributed by atoms with E-state index in [0.29, 0.717) is 19.3 Å². The van der Waals surface area contributed by atoms with Gasteiger partial charge in [0.15, 0.2) is 6.10 Å². The maximum absolute atomic E-state index is 12.9. The molecule has 0 fully saturated rings. The highest BCUT2D eigenvalue weighted by atomic mass is 16.6. The Balaban J connectivity index is 4.09. The van der Waals surface area contributed by atoms with Crippen LogP contribution in [-0.2, 0) is 28.6 Å². The normalized spacial score (nSPS) is 12.3. The Hall–Kier alpha value is -2.63. The van der Waals surface area contributed by atoms with Crippen LogP contribution in [0.4, 0.5) is 0 Å². The molecule has 0 aromatic heterocycles. The van der Waals surface area contributed by atoms with Crippen LogP contribution in [0.15, 0.2) is 48.6 Å². The Bertz CT molecular complexity index is 1350. The molecule has 0 rings (SSSR count). The van der Waals surface area contributed by atoms with Gasteiger partial charge < -0.3 is 14.2 Å². The molecule has 0 radical (unpaired) electrons. The summed E-state index contributed by atoms with van der Waals surface area (Å²) in [5.41, 5.74) is 0. The van der Waals surface area contributed by atoms with Crippen molar-refractivity contribution < 1.29 is 28.6 Å². The molecule has 6 nitrogen and oxygen atoms in total. The van der Waals surface area contributed by atoms with Crippen molar-refractivity contribution >= 4 is 17.9 Å². The van der Waals surface area contributed by atoms with Crippen molar-refractivity contribution in [1.29, 1.82) is 0 Å². The molecule has 1 unspecified atom stereocenters. The van der Waals surface area contributed by atoms with Gasteiger partial charge in [-0.2, -0.15) is 0 Å². The van der Waals surface area contributed by atoms with Gasteiger partial charge in [-0.1, -0.05) is 320 Å². The molecule has 0 bridgehead atoms. The molecule has 6 heteroatoms. The molecule has 78 heavy (non-hydrogen) atoms. The number of unbranched alkanes of at least 4 members (excludes halogenated alkanes) is 45. The minimum atomic E-state index is -0.772. The monoisotopic (exact) mass is 1090 g/mol. The topological polar surface area (TPSA) is 78.9 Å². The number of ether oxygens (including phenoxy) is 3. The van der Waals surface area contributed by atoms with Crippen molar-refractivity contribution in [1.82, 2.24) is 0 Å². The van der Waals surface area contributed by atoms with Crippen LogP contribution in [-0.4, -0.2) is 37.2 Å². The van der Waals surface area contributed by atoms with Crippen molar-refractivity contribution in [2.75, 3.05) is 13.2 Å². The van der Waals surface area contributed by atoms with Crippen molar-refractivity contribution in [2.45, 2.75) is 380 Å². The Morgan fingerprint density at radius 3 is 0.744 bits per heavy atom. The molecule has 0 heterocycles. The van der Waals surface area contributed by atoms with Crippen LogP contribution in [0.1, 0.15) is 374 Å². The molecule has 0 N–H and O–H groups in total. The molecule has 0 aromatic carbocycles. The number of carbonyl (C=O) groups is 3. The zero-order valence-corrected chi connectivity index (χ0v) is 52.5. The van der Waals surface area contributed by atoms with Crippen LogP contribution in [0.25, 0.3) is 0 Å². The van der Waals surface area contributed by atoms with Gasteiger partial charge in [-0.3, -0.25) is 14.4 Å². The van der Waals surface area contributed by atoms with Crippen LogP contribution in [0.2, 0.25) is 0 Å². The highest BCUT2D eigenvalue weighted by Gasteiger charge is 2.19. The Labute approximate surface area is 486 Å². The molecule has 0 saturated carbocycles. The van der Waals surface area contributed by atoms with Crippen LogP contribution < -0.4 is 0 Å². The van der Waals surface area contributed by atoms with E-state index in [9.17, 15) is 14.4 Å². The second kappa shape index (κ2) is 66.9.